The third kappa shape index (κ3) is 3.41. The molecule has 7 nitrogen and oxygen atoms in total. The molecule has 0 saturated heterocycles. The molecule has 1 heterocycles. The maximum atomic E-state index is 11.8. The third-order valence-electron chi connectivity index (χ3n) is 2.67. The summed E-state index contributed by atoms with van der Waals surface area (Å²) >= 11 is 0. The lowest BCUT2D eigenvalue weighted by Crippen LogP contribution is -2.29. The Balaban J connectivity index is 2.84. The number of carbonyl (C=O) groups is 1. The zero-order valence-electron chi connectivity index (χ0n) is 10.3. The predicted molar refractivity (Wildman–Crippen MR) is 67.1 cm³/mol. The molecule has 0 radical (unpaired) electrons. The van der Waals surface area contributed by atoms with Crippen molar-refractivity contribution in [3.05, 3.63) is 27.9 Å². The van der Waals surface area contributed by atoms with Crippen LogP contribution in [0.15, 0.2) is 12.3 Å². The Hall–Kier alpha value is -2.18. The Morgan fingerprint density at radius 2 is 2.33 bits per heavy atom. The molecule has 1 unspecified atom stereocenters. The van der Waals surface area contributed by atoms with Gasteiger partial charge in [0.25, 0.3) is 11.6 Å². The molecule has 1 aromatic rings. The van der Waals surface area contributed by atoms with Crippen LogP contribution >= 0.6 is 0 Å². The van der Waals surface area contributed by atoms with E-state index in [9.17, 15) is 14.9 Å². The fourth-order valence-electron chi connectivity index (χ4n) is 1.25. The summed E-state index contributed by atoms with van der Waals surface area (Å²) in [6.45, 7) is 4.51. The van der Waals surface area contributed by atoms with E-state index in [1.54, 1.807) is 0 Å². The zero-order valence-corrected chi connectivity index (χ0v) is 10.3. The van der Waals surface area contributed by atoms with Crippen LogP contribution in [0, 0.1) is 16.0 Å². The summed E-state index contributed by atoms with van der Waals surface area (Å²) in [5, 5.41) is 13.3. The average Bonchev–Trinajstić information content (AvgIpc) is 2.35. The van der Waals surface area contributed by atoms with Crippen molar-refractivity contribution in [3.8, 4) is 0 Å². The Morgan fingerprint density at radius 1 is 1.67 bits per heavy atom. The second kappa shape index (κ2) is 5.95. The number of rotatable bonds is 5. The molecule has 0 saturated carbocycles. The van der Waals surface area contributed by atoms with Gasteiger partial charge in [0.15, 0.2) is 0 Å². The monoisotopic (exact) mass is 252 g/mol. The molecule has 1 aromatic heterocycles. The van der Waals surface area contributed by atoms with Crippen molar-refractivity contribution in [1.29, 1.82) is 0 Å². The number of pyridine rings is 1. The van der Waals surface area contributed by atoms with Gasteiger partial charge in [0.2, 0.25) is 0 Å². The van der Waals surface area contributed by atoms with Crippen LogP contribution in [0.25, 0.3) is 0 Å². The molecule has 3 N–H and O–H groups in total. The second-order valence-electron chi connectivity index (χ2n) is 4.11. The van der Waals surface area contributed by atoms with Crippen LogP contribution in [0.1, 0.15) is 30.6 Å². The Bertz CT molecular complexity index is 462. The molecule has 18 heavy (non-hydrogen) atoms. The number of hydrogen-bond donors (Lipinski definition) is 2. The first kappa shape index (κ1) is 13.9. The highest BCUT2D eigenvalue weighted by atomic mass is 16.6. The van der Waals surface area contributed by atoms with E-state index in [2.05, 4.69) is 10.3 Å². The number of hydrogen-bond acceptors (Lipinski definition) is 5. The lowest BCUT2D eigenvalue weighted by Gasteiger charge is -2.10. The molecule has 0 spiro atoms. The van der Waals surface area contributed by atoms with Gasteiger partial charge in [-0.3, -0.25) is 14.9 Å². The molecule has 1 rings (SSSR count). The Labute approximate surface area is 105 Å². The predicted octanol–water partition coefficient (Wildman–Crippen LogP) is 1.35. The van der Waals surface area contributed by atoms with Crippen LogP contribution in [0.5, 0.6) is 0 Å². The minimum Gasteiger partial charge on any atom is -0.383 e. The highest BCUT2D eigenvalue weighted by Crippen LogP contribution is 2.16. The molecule has 7 heteroatoms. The van der Waals surface area contributed by atoms with E-state index < -0.39 is 10.8 Å². The van der Waals surface area contributed by atoms with E-state index >= 15 is 0 Å². The molecular weight excluding hydrogens is 236 g/mol. The largest absolute Gasteiger partial charge is 0.383 e. The van der Waals surface area contributed by atoms with Gasteiger partial charge in [0, 0.05) is 12.6 Å². The van der Waals surface area contributed by atoms with Crippen LogP contribution in [0.3, 0.4) is 0 Å². The molecule has 1 amide bonds. The van der Waals surface area contributed by atoms with Gasteiger partial charge in [-0.15, -0.1) is 0 Å². The molecule has 1 atom stereocenters. The number of nitrogens with two attached hydrogens (primary N) is 1. The van der Waals surface area contributed by atoms with E-state index in [-0.39, 0.29) is 17.1 Å². The highest BCUT2D eigenvalue weighted by molar-refractivity contribution is 5.98. The maximum absolute atomic E-state index is 11.8. The van der Waals surface area contributed by atoms with Gasteiger partial charge < -0.3 is 11.1 Å². The number of amides is 1. The molecule has 0 aromatic carbocycles. The molecule has 0 aliphatic rings. The minimum atomic E-state index is -0.613. The van der Waals surface area contributed by atoms with Gasteiger partial charge >= 0.3 is 0 Å². The quantitative estimate of drug-likeness (QED) is 0.606. The van der Waals surface area contributed by atoms with Crippen LogP contribution < -0.4 is 11.1 Å². The molecule has 98 valence electrons. The highest BCUT2D eigenvalue weighted by Gasteiger charge is 2.16. The fourth-order valence-corrected chi connectivity index (χ4v) is 1.25. The number of aromatic nitrogens is 1. The van der Waals surface area contributed by atoms with Gasteiger partial charge in [-0.25, -0.2) is 4.98 Å². The number of nitro groups is 1. The molecular formula is C11H16N4O3. The normalized spacial score (nSPS) is 11.9. The number of carbonyl (C=O) groups excluding carboxylic acids is 1. The SMILES string of the molecule is CCC(C)CNC(=O)c1cc([N+](=O)[O-])cnc1N. The van der Waals surface area contributed by atoms with Crippen molar-refractivity contribution >= 4 is 17.4 Å². The van der Waals surface area contributed by atoms with Gasteiger partial charge in [-0.2, -0.15) is 0 Å². The van der Waals surface area contributed by atoms with Crippen molar-refractivity contribution in [2.45, 2.75) is 20.3 Å². The summed E-state index contributed by atoms with van der Waals surface area (Å²) in [7, 11) is 0. The van der Waals surface area contributed by atoms with Crippen molar-refractivity contribution in [2.24, 2.45) is 5.92 Å². The number of nitrogens with one attached hydrogen (secondary N) is 1. The van der Waals surface area contributed by atoms with E-state index in [0.717, 1.165) is 18.7 Å². The lowest BCUT2D eigenvalue weighted by molar-refractivity contribution is -0.385. The first-order valence-corrected chi connectivity index (χ1v) is 5.63. The van der Waals surface area contributed by atoms with Crippen LogP contribution in [-0.2, 0) is 0 Å². The topological polar surface area (TPSA) is 111 Å². The van der Waals surface area contributed by atoms with Crippen molar-refractivity contribution < 1.29 is 9.72 Å². The standard InChI is InChI=1S/C11H16N4O3/c1-3-7(2)5-14-11(16)9-4-8(15(17)18)6-13-10(9)12/h4,6-7H,3,5H2,1-2H3,(H2,12,13)(H,14,16). The Morgan fingerprint density at radius 3 is 2.89 bits per heavy atom. The first-order valence-electron chi connectivity index (χ1n) is 5.63. The summed E-state index contributed by atoms with van der Waals surface area (Å²) in [5.41, 5.74) is 5.32. The van der Waals surface area contributed by atoms with Crippen molar-refractivity contribution in [1.82, 2.24) is 10.3 Å². The second-order valence-corrected chi connectivity index (χ2v) is 4.11. The average molecular weight is 252 g/mol. The van der Waals surface area contributed by atoms with Crippen molar-refractivity contribution in [3.63, 3.8) is 0 Å². The molecule has 0 aliphatic heterocycles. The summed E-state index contributed by atoms with van der Waals surface area (Å²) in [5.74, 6) is -0.118. The van der Waals surface area contributed by atoms with E-state index in [0.29, 0.717) is 12.5 Å². The first-order chi connectivity index (χ1) is 8.45. The molecule has 0 bridgehead atoms. The minimum absolute atomic E-state index is 0.0118. The number of anilines is 1. The van der Waals surface area contributed by atoms with Gasteiger partial charge in [-0.1, -0.05) is 20.3 Å². The summed E-state index contributed by atoms with van der Waals surface area (Å²) in [4.78, 5) is 25.4. The summed E-state index contributed by atoms with van der Waals surface area (Å²) < 4.78 is 0. The number of nitrogens with zero attached hydrogens (tertiary/aromatic N) is 2. The summed E-state index contributed by atoms with van der Waals surface area (Å²) in [6, 6.07) is 1.13. The smallest absolute Gasteiger partial charge is 0.288 e. The van der Waals surface area contributed by atoms with Gasteiger partial charge in [0.1, 0.15) is 12.0 Å². The van der Waals surface area contributed by atoms with E-state index in [4.69, 9.17) is 5.73 Å². The zero-order chi connectivity index (χ0) is 13.7. The lowest BCUT2D eigenvalue weighted by atomic mass is 10.1. The van der Waals surface area contributed by atoms with Gasteiger partial charge in [-0.05, 0) is 5.92 Å². The van der Waals surface area contributed by atoms with Crippen LogP contribution in [0.4, 0.5) is 11.5 Å². The maximum Gasteiger partial charge on any atom is 0.288 e. The molecule has 0 fully saturated rings. The van der Waals surface area contributed by atoms with Gasteiger partial charge in [0.05, 0.1) is 10.5 Å². The number of nitrogen functional groups attached to an aromatic ring is 1. The van der Waals surface area contributed by atoms with E-state index in [1.165, 1.54) is 0 Å². The molecule has 0 aliphatic carbocycles. The van der Waals surface area contributed by atoms with Crippen LogP contribution in [-0.4, -0.2) is 22.4 Å². The van der Waals surface area contributed by atoms with Crippen molar-refractivity contribution in [2.75, 3.05) is 12.3 Å². The Kier molecular flexibility index (Phi) is 4.59. The van der Waals surface area contributed by atoms with Crippen LogP contribution in [0.2, 0.25) is 0 Å². The van der Waals surface area contributed by atoms with E-state index in [1.807, 2.05) is 13.8 Å². The summed E-state index contributed by atoms with van der Waals surface area (Å²) in [6.07, 6.45) is 1.96. The third-order valence-corrected chi connectivity index (χ3v) is 2.67. The fraction of sp³-hybridized carbons (Fsp3) is 0.455.